The van der Waals surface area contributed by atoms with E-state index in [0.29, 0.717) is 18.8 Å². The van der Waals surface area contributed by atoms with Gasteiger partial charge in [-0.2, -0.15) is 0 Å². The van der Waals surface area contributed by atoms with E-state index < -0.39 is 5.91 Å². The number of hydrogen-bond donors (Lipinski definition) is 0. The van der Waals surface area contributed by atoms with Crippen molar-refractivity contribution in [1.29, 1.82) is 0 Å². The predicted molar refractivity (Wildman–Crippen MR) is 86.0 cm³/mol. The molecule has 0 saturated carbocycles. The number of allylic oxidation sites excluding steroid dienone is 1. The van der Waals surface area contributed by atoms with E-state index in [0.717, 1.165) is 38.5 Å². The third-order valence-corrected chi connectivity index (χ3v) is 3.67. The Morgan fingerprint density at radius 2 is 1.62 bits per heavy atom. The molecule has 0 N–H and O–H groups in total. The van der Waals surface area contributed by atoms with Crippen LogP contribution in [-0.4, -0.2) is 34.9 Å². The highest BCUT2D eigenvalue weighted by Gasteiger charge is 2.17. The molecule has 5 heteroatoms. The lowest BCUT2D eigenvalue weighted by molar-refractivity contribution is -0.134. The van der Waals surface area contributed by atoms with E-state index in [9.17, 15) is 4.79 Å². The molecule has 0 aromatic rings. The average molecular weight is 314 g/mol. The van der Waals surface area contributed by atoms with Crippen LogP contribution in [0.25, 0.3) is 0 Å². The molecule has 0 spiro atoms. The van der Waals surface area contributed by atoms with Crippen molar-refractivity contribution >= 4 is 15.7 Å². The fraction of sp³-hybridized carbons (Fsp3) is 0.812. The van der Waals surface area contributed by atoms with E-state index in [-0.39, 0.29) is 15.7 Å². The van der Waals surface area contributed by atoms with Gasteiger partial charge in [0.05, 0.1) is 0 Å². The van der Waals surface area contributed by atoms with Crippen molar-refractivity contribution in [3.63, 3.8) is 0 Å². The summed E-state index contributed by atoms with van der Waals surface area (Å²) in [6, 6.07) is 0. The van der Waals surface area contributed by atoms with Gasteiger partial charge in [0.1, 0.15) is 0 Å². The van der Waals surface area contributed by atoms with Gasteiger partial charge in [-0.25, -0.2) is 4.79 Å². The standard InChI is InChI=1S/C16H30O4Si/c1-5-8-11-14(4)15(17)20-21-16(18-12-9-6-2)19-13-10-7-3/h11,16H,5-10,12-13H2,1-4H3. The van der Waals surface area contributed by atoms with Crippen LogP contribution in [0.15, 0.2) is 11.6 Å². The van der Waals surface area contributed by atoms with Gasteiger partial charge in [0.2, 0.25) is 0 Å². The minimum Gasteiger partial charge on any atom is -0.507 e. The molecule has 122 valence electrons. The van der Waals surface area contributed by atoms with Crippen LogP contribution in [0, 0.1) is 0 Å². The van der Waals surface area contributed by atoms with Crippen LogP contribution in [0.1, 0.15) is 66.2 Å². The lowest BCUT2D eigenvalue weighted by Gasteiger charge is -2.17. The van der Waals surface area contributed by atoms with Gasteiger partial charge in [0.15, 0.2) is 5.91 Å². The summed E-state index contributed by atoms with van der Waals surface area (Å²) in [7, 11) is -0.111. The van der Waals surface area contributed by atoms with E-state index in [1.165, 1.54) is 0 Å². The first-order chi connectivity index (χ1) is 10.2. The van der Waals surface area contributed by atoms with Gasteiger partial charge in [-0.1, -0.05) is 46.1 Å². The molecule has 0 saturated heterocycles. The fourth-order valence-electron chi connectivity index (χ4n) is 1.41. The van der Waals surface area contributed by atoms with Gasteiger partial charge in [-0.05, 0) is 26.2 Å². The van der Waals surface area contributed by atoms with Gasteiger partial charge in [0, 0.05) is 18.8 Å². The number of ether oxygens (including phenoxy) is 2. The van der Waals surface area contributed by atoms with Crippen LogP contribution in [0.2, 0.25) is 0 Å². The number of unbranched alkanes of at least 4 members (excludes halogenated alkanes) is 3. The monoisotopic (exact) mass is 314 g/mol. The molecule has 0 aromatic heterocycles. The third-order valence-electron chi connectivity index (χ3n) is 2.84. The molecule has 4 nitrogen and oxygen atoms in total. The summed E-state index contributed by atoms with van der Waals surface area (Å²) in [4.78, 5) is 11.8. The largest absolute Gasteiger partial charge is 0.507 e. The summed E-state index contributed by atoms with van der Waals surface area (Å²) < 4.78 is 16.6. The second-order valence-corrected chi connectivity index (χ2v) is 5.88. The maximum absolute atomic E-state index is 11.8. The summed E-state index contributed by atoms with van der Waals surface area (Å²) in [6.07, 6.45) is 7.96. The summed E-state index contributed by atoms with van der Waals surface area (Å²) in [5.41, 5.74) is 0.658. The Hall–Kier alpha value is -0.653. The van der Waals surface area contributed by atoms with Crippen molar-refractivity contribution in [2.45, 2.75) is 72.1 Å². The Balaban J connectivity index is 4.15. The van der Waals surface area contributed by atoms with Crippen molar-refractivity contribution in [1.82, 2.24) is 0 Å². The van der Waals surface area contributed by atoms with E-state index in [4.69, 9.17) is 13.9 Å². The predicted octanol–water partition coefficient (Wildman–Crippen LogP) is 3.81. The van der Waals surface area contributed by atoms with Gasteiger partial charge in [-0.15, -0.1) is 0 Å². The van der Waals surface area contributed by atoms with Crippen LogP contribution in [0.4, 0.5) is 0 Å². The number of rotatable bonds is 13. The SMILES string of the molecule is CCCC=C(C)C(=O)O[Si]C(OCCCC)OCCCC. The summed E-state index contributed by atoms with van der Waals surface area (Å²) >= 11 is 0. The Labute approximate surface area is 132 Å². The zero-order valence-electron chi connectivity index (χ0n) is 13.9. The summed E-state index contributed by atoms with van der Waals surface area (Å²) in [5, 5.41) is 0. The average Bonchev–Trinajstić information content (AvgIpc) is 2.49. The lowest BCUT2D eigenvalue weighted by Crippen LogP contribution is -2.29. The first kappa shape index (κ1) is 20.3. The Morgan fingerprint density at radius 1 is 1.05 bits per heavy atom. The quantitative estimate of drug-likeness (QED) is 0.224. The number of hydrogen-bond acceptors (Lipinski definition) is 4. The molecule has 0 bridgehead atoms. The summed E-state index contributed by atoms with van der Waals surface area (Å²) in [5.74, 6) is -0.698. The minimum atomic E-state index is -0.425. The Morgan fingerprint density at radius 3 is 2.10 bits per heavy atom. The van der Waals surface area contributed by atoms with E-state index in [1.807, 2.05) is 6.08 Å². The maximum Gasteiger partial charge on any atom is 0.380 e. The molecular formula is C16H30O4Si. The Bertz CT molecular complexity index is 282. The molecule has 0 aromatic carbocycles. The van der Waals surface area contributed by atoms with Gasteiger partial charge in [0.25, 0.3) is 0 Å². The number of carbonyl (C=O) groups is 1. The molecule has 0 aliphatic carbocycles. The Kier molecular flexibility index (Phi) is 13.8. The van der Waals surface area contributed by atoms with Gasteiger partial charge in [-0.3, -0.25) is 0 Å². The van der Waals surface area contributed by atoms with Crippen molar-refractivity contribution in [2.24, 2.45) is 0 Å². The maximum atomic E-state index is 11.8. The molecule has 0 atom stereocenters. The lowest BCUT2D eigenvalue weighted by atomic mass is 10.2. The van der Waals surface area contributed by atoms with Crippen LogP contribution in [0.5, 0.6) is 0 Å². The van der Waals surface area contributed by atoms with Crippen LogP contribution in [-0.2, 0) is 18.7 Å². The van der Waals surface area contributed by atoms with E-state index >= 15 is 0 Å². The van der Waals surface area contributed by atoms with Crippen molar-refractivity contribution < 1.29 is 18.7 Å². The molecule has 0 aliphatic heterocycles. The summed E-state index contributed by atoms with van der Waals surface area (Å²) in [6.45, 7) is 9.37. The van der Waals surface area contributed by atoms with E-state index in [2.05, 4.69) is 20.8 Å². The zero-order valence-corrected chi connectivity index (χ0v) is 14.9. The first-order valence-electron chi connectivity index (χ1n) is 8.02. The van der Waals surface area contributed by atoms with Gasteiger partial charge < -0.3 is 13.9 Å². The van der Waals surface area contributed by atoms with E-state index in [1.54, 1.807) is 6.92 Å². The molecular weight excluding hydrogens is 284 g/mol. The van der Waals surface area contributed by atoms with Crippen LogP contribution < -0.4 is 0 Å². The molecule has 0 aliphatic rings. The normalized spacial score (nSPS) is 12.0. The zero-order chi connectivity index (χ0) is 15.9. The first-order valence-corrected chi connectivity index (χ1v) is 9.00. The van der Waals surface area contributed by atoms with Gasteiger partial charge >= 0.3 is 15.7 Å². The third kappa shape index (κ3) is 11.7. The number of carbonyl (C=O) groups excluding carboxylic acids is 1. The topological polar surface area (TPSA) is 44.8 Å². The smallest absolute Gasteiger partial charge is 0.380 e. The molecule has 21 heavy (non-hydrogen) atoms. The van der Waals surface area contributed by atoms with Crippen LogP contribution in [0.3, 0.4) is 0 Å². The highest BCUT2D eigenvalue weighted by atomic mass is 28.2. The fourth-order valence-corrected chi connectivity index (χ4v) is 2.15. The molecule has 0 unspecified atom stereocenters. The second-order valence-electron chi connectivity index (χ2n) is 4.96. The molecule has 0 fully saturated rings. The van der Waals surface area contributed by atoms with Crippen LogP contribution >= 0.6 is 0 Å². The molecule has 0 heterocycles. The van der Waals surface area contributed by atoms with Crippen molar-refractivity contribution in [2.75, 3.05) is 13.2 Å². The second kappa shape index (κ2) is 14.3. The molecule has 2 radical (unpaired) electrons. The molecule has 0 rings (SSSR count). The van der Waals surface area contributed by atoms with Crippen molar-refractivity contribution in [3.05, 3.63) is 11.6 Å². The molecule has 0 amide bonds. The minimum absolute atomic E-state index is 0.111. The highest BCUT2D eigenvalue weighted by Crippen LogP contribution is 2.04. The van der Waals surface area contributed by atoms with Crippen molar-refractivity contribution in [3.8, 4) is 0 Å². The highest BCUT2D eigenvalue weighted by molar-refractivity contribution is 6.32.